The Morgan fingerprint density at radius 3 is 3.13 bits per heavy atom. The minimum absolute atomic E-state index is 0.0380. The van der Waals surface area contributed by atoms with E-state index in [4.69, 9.17) is 0 Å². The van der Waals surface area contributed by atoms with Crippen LogP contribution in [-0.4, -0.2) is 15.9 Å². The summed E-state index contributed by atoms with van der Waals surface area (Å²) in [5.74, 6) is -0.0380. The maximum Gasteiger partial charge on any atom is 0.230 e. The molecule has 2 rings (SSSR count). The van der Waals surface area contributed by atoms with E-state index in [0.29, 0.717) is 11.6 Å². The van der Waals surface area contributed by atoms with Crippen LogP contribution in [0.15, 0.2) is 23.8 Å². The normalized spacial score (nSPS) is 10.2. The van der Waals surface area contributed by atoms with Crippen LogP contribution < -0.4 is 5.32 Å². The minimum Gasteiger partial charge on any atom is -0.367 e. The Balaban J connectivity index is 1.93. The highest BCUT2D eigenvalue weighted by atomic mass is 32.1. The van der Waals surface area contributed by atoms with Crippen LogP contribution in [0.4, 0.5) is 5.13 Å². The van der Waals surface area contributed by atoms with Crippen molar-refractivity contribution in [3.63, 3.8) is 0 Å². The van der Waals surface area contributed by atoms with Crippen LogP contribution in [0.25, 0.3) is 0 Å². The molecule has 0 aliphatic rings. The van der Waals surface area contributed by atoms with Crippen molar-refractivity contribution in [2.24, 2.45) is 0 Å². The van der Waals surface area contributed by atoms with Crippen LogP contribution in [0, 0.1) is 6.92 Å². The quantitative estimate of drug-likeness (QED) is 0.832. The van der Waals surface area contributed by atoms with Gasteiger partial charge in [-0.15, -0.1) is 11.3 Å². The summed E-state index contributed by atoms with van der Waals surface area (Å²) in [6, 6.07) is 1.88. The molecule has 2 N–H and O–H groups in total. The van der Waals surface area contributed by atoms with Gasteiger partial charge in [-0.2, -0.15) is 0 Å². The van der Waals surface area contributed by atoms with Crippen LogP contribution >= 0.6 is 11.3 Å². The lowest BCUT2D eigenvalue weighted by Crippen LogP contribution is -2.13. The van der Waals surface area contributed by atoms with Crippen molar-refractivity contribution in [3.8, 4) is 0 Å². The second-order valence-electron chi connectivity index (χ2n) is 3.24. The fraction of sp³-hybridized carbons (Fsp3) is 0.200. The fourth-order valence-corrected chi connectivity index (χ4v) is 1.93. The number of carbonyl (C=O) groups is 1. The molecule has 0 atom stereocenters. The van der Waals surface area contributed by atoms with Crippen molar-refractivity contribution < 1.29 is 4.79 Å². The van der Waals surface area contributed by atoms with Crippen molar-refractivity contribution in [2.45, 2.75) is 13.3 Å². The second kappa shape index (κ2) is 4.27. The summed E-state index contributed by atoms with van der Waals surface area (Å²) in [5.41, 5.74) is 1.90. The predicted octanol–water partition coefficient (Wildman–Crippen LogP) is 1.96. The number of hydrogen-bond acceptors (Lipinski definition) is 3. The lowest BCUT2D eigenvalue weighted by Gasteiger charge is -1.98. The van der Waals surface area contributed by atoms with Gasteiger partial charge in [-0.1, -0.05) is 0 Å². The van der Waals surface area contributed by atoms with E-state index in [0.717, 1.165) is 11.3 Å². The van der Waals surface area contributed by atoms with Gasteiger partial charge in [0, 0.05) is 17.8 Å². The van der Waals surface area contributed by atoms with E-state index in [1.165, 1.54) is 11.3 Å². The molecule has 78 valence electrons. The van der Waals surface area contributed by atoms with E-state index in [1.54, 1.807) is 6.20 Å². The number of amides is 1. The smallest absolute Gasteiger partial charge is 0.230 e. The Labute approximate surface area is 91.4 Å². The highest BCUT2D eigenvalue weighted by Gasteiger charge is 2.06. The van der Waals surface area contributed by atoms with Gasteiger partial charge in [-0.25, -0.2) is 4.98 Å². The topological polar surface area (TPSA) is 57.8 Å². The van der Waals surface area contributed by atoms with Crippen LogP contribution in [0.3, 0.4) is 0 Å². The summed E-state index contributed by atoms with van der Waals surface area (Å²) in [6.45, 7) is 1.90. The Bertz CT molecular complexity index is 447. The minimum atomic E-state index is -0.0380. The van der Waals surface area contributed by atoms with E-state index >= 15 is 0 Å². The number of nitrogens with zero attached hydrogens (tertiary/aromatic N) is 1. The third-order valence-corrected chi connectivity index (χ3v) is 2.77. The van der Waals surface area contributed by atoms with Crippen molar-refractivity contribution in [3.05, 3.63) is 35.1 Å². The zero-order valence-corrected chi connectivity index (χ0v) is 9.10. The van der Waals surface area contributed by atoms with Crippen molar-refractivity contribution >= 4 is 22.4 Å². The first-order chi connectivity index (χ1) is 7.24. The average molecular weight is 221 g/mol. The summed E-state index contributed by atoms with van der Waals surface area (Å²) < 4.78 is 0. The summed E-state index contributed by atoms with van der Waals surface area (Å²) in [5, 5.41) is 5.32. The van der Waals surface area contributed by atoms with Gasteiger partial charge in [-0.3, -0.25) is 4.79 Å². The first-order valence-corrected chi connectivity index (χ1v) is 5.45. The first-order valence-electron chi connectivity index (χ1n) is 4.57. The largest absolute Gasteiger partial charge is 0.367 e. The highest BCUT2D eigenvalue weighted by molar-refractivity contribution is 7.13. The van der Waals surface area contributed by atoms with Gasteiger partial charge in [0.05, 0.1) is 12.1 Å². The number of aromatic nitrogens is 2. The SMILES string of the molecule is Cc1csc(NC(=O)Cc2cc[nH]c2)n1. The van der Waals surface area contributed by atoms with E-state index in [9.17, 15) is 4.79 Å². The average Bonchev–Trinajstić information content (AvgIpc) is 2.77. The molecule has 0 aliphatic carbocycles. The Morgan fingerprint density at radius 1 is 1.67 bits per heavy atom. The third kappa shape index (κ3) is 2.66. The molecular weight excluding hydrogens is 210 g/mol. The molecule has 1 amide bonds. The van der Waals surface area contributed by atoms with Gasteiger partial charge in [0.25, 0.3) is 0 Å². The van der Waals surface area contributed by atoms with E-state index < -0.39 is 0 Å². The zero-order valence-electron chi connectivity index (χ0n) is 8.28. The number of thiazole rings is 1. The number of nitrogens with one attached hydrogen (secondary N) is 2. The molecule has 15 heavy (non-hydrogen) atoms. The van der Waals surface area contributed by atoms with Gasteiger partial charge in [0.1, 0.15) is 0 Å². The maximum atomic E-state index is 11.5. The Kier molecular flexibility index (Phi) is 2.82. The fourth-order valence-electron chi connectivity index (χ4n) is 1.23. The monoisotopic (exact) mass is 221 g/mol. The molecule has 0 aliphatic heterocycles. The number of carbonyl (C=O) groups excluding carboxylic acids is 1. The molecular formula is C10H11N3OS. The lowest BCUT2D eigenvalue weighted by molar-refractivity contribution is -0.115. The molecule has 0 unspecified atom stereocenters. The number of aromatic amines is 1. The summed E-state index contributed by atoms with van der Waals surface area (Å²) in [7, 11) is 0. The molecule has 2 aromatic rings. The predicted molar refractivity (Wildman–Crippen MR) is 60.0 cm³/mol. The van der Waals surface area contributed by atoms with Gasteiger partial charge >= 0.3 is 0 Å². The van der Waals surface area contributed by atoms with E-state index in [2.05, 4.69) is 15.3 Å². The molecule has 0 saturated heterocycles. The van der Waals surface area contributed by atoms with Crippen molar-refractivity contribution in [2.75, 3.05) is 5.32 Å². The Morgan fingerprint density at radius 2 is 2.53 bits per heavy atom. The van der Waals surface area contributed by atoms with E-state index in [1.807, 2.05) is 24.6 Å². The van der Waals surface area contributed by atoms with Crippen LogP contribution in [-0.2, 0) is 11.2 Å². The van der Waals surface area contributed by atoms with Gasteiger partial charge in [0.2, 0.25) is 5.91 Å². The summed E-state index contributed by atoms with van der Waals surface area (Å²) in [4.78, 5) is 18.6. The number of aryl methyl sites for hydroxylation is 1. The Hall–Kier alpha value is -1.62. The lowest BCUT2D eigenvalue weighted by atomic mass is 10.2. The number of rotatable bonds is 3. The molecule has 0 aromatic carbocycles. The second-order valence-corrected chi connectivity index (χ2v) is 4.10. The van der Waals surface area contributed by atoms with E-state index in [-0.39, 0.29) is 5.91 Å². The molecule has 2 aromatic heterocycles. The number of hydrogen-bond donors (Lipinski definition) is 2. The zero-order chi connectivity index (χ0) is 10.7. The number of H-pyrrole nitrogens is 1. The molecule has 0 radical (unpaired) electrons. The standard InChI is InChI=1S/C10H11N3OS/c1-7-6-15-10(12-7)13-9(14)4-8-2-3-11-5-8/h2-3,5-6,11H,4H2,1H3,(H,12,13,14). The number of anilines is 1. The van der Waals surface area contributed by atoms with Crippen LogP contribution in [0.2, 0.25) is 0 Å². The van der Waals surface area contributed by atoms with Crippen LogP contribution in [0.5, 0.6) is 0 Å². The summed E-state index contributed by atoms with van der Waals surface area (Å²) in [6.07, 6.45) is 3.99. The molecule has 2 heterocycles. The molecule has 0 spiro atoms. The maximum absolute atomic E-state index is 11.5. The van der Waals surface area contributed by atoms with Gasteiger partial charge < -0.3 is 10.3 Å². The van der Waals surface area contributed by atoms with Crippen molar-refractivity contribution in [1.29, 1.82) is 0 Å². The third-order valence-electron chi connectivity index (χ3n) is 1.89. The molecule has 0 bridgehead atoms. The molecule has 5 heteroatoms. The first kappa shape index (κ1) is 9.92. The van der Waals surface area contributed by atoms with Gasteiger partial charge in [-0.05, 0) is 18.6 Å². The van der Waals surface area contributed by atoms with Crippen molar-refractivity contribution in [1.82, 2.24) is 9.97 Å². The molecule has 4 nitrogen and oxygen atoms in total. The van der Waals surface area contributed by atoms with Crippen LogP contribution in [0.1, 0.15) is 11.3 Å². The molecule has 0 fully saturated rings. The van der Waals surface area contributed by atoms with Gasteiger partial charge in [0.15, 0.2) is 5.13 Å². The molecule has 0 saturated carbocycles. The summed E-state index contributed by atoms with van der Waals surface area (Å²) >= 11 is 1.44. The highest BCUT2D eigenvalue weighted by Crippen LogP contribution is 2.14.